The van der Waals surface area contributed by atoms with Crippen molar-refractivity contribution in [2.45, 2.75) is 36.8 Å². The molecule has 1 aromatic heterocycles. The Balaban J connectivity index is 2.13. The SMILES string of the molecule is CC(C)(C)c1cc(N)nc(CSc2ccc(F)cc2)n1. The summed E-state index contributed by atoms with van der Waals surface area (Å²) >= 11 is 1.56. The van der Waals surface area contributed by atoms with Gasteiger partial charge in [-0.2, -0.15) is 0 Å². The summed E-state index contributed by atoms with van der Waals surface area (Å²) in [5.41, 5.74) is 6.70. The highest BCUT2D eigenvalue weighted by Gasteiger charge is 2.17. The summed E-state index contributed by atoms with van der Waals surface area (Å²) in [5, 5.41) is 0. The molecule has 0 spiro atoms. The molecule has 2 aromatic rings. The van der Waals surface area contributed by atoms with Gasteiger partial charge in [0.25, 0.3) is 0 Å². The van der Waals surface area contributed by atoms with E-state index < -0.39 is 0 Å². The third kappa shape index (κ3) is 3.93. The fourth-order valence-electron chi connectivity index (χ4n) is 1.65. The standard InChI is InChI=1S/C15H18FN3S/c1-15(2,3)12-8-13(17)19-14(18-12)9-20-11-6-4-10(16)5-7-11/h4-8H,9H2,1-3H3,(H2,17,18,19). The lowest BCUT2D eigenvalue weighted by atomic mass is 9.92. The van der Waals surface area contributed by atoms with Gasteiger partial charge >= 0.3 is 0 Å². The minimum absolute atomic E-state index is 0.0631. The van der Waals surface area contributed by atoms with Gasteiger partial charge in [0.1, 0.15) is 17.5 Å². The van der Waals surface area contributed by atoms with Gasteiger partial charge in [-0.15, -0.1) is 11.8 Å². The number of rotatable bonds is 3. The largest absolute Gasteiger partial charge is 0.384 e. The Kier molecular flexibility index (Phi) is 4.28. The first-order chi connectivity index (χ1) is 9.34. The Morgan fingerprint density at radius 2 is 1.80 bits per heavy atom. The van der Waals surface area contributed by atoms with E-state index in [1.54, 1.807) is 23.9 Å². The molecule has 0 saturated carbocycles. The molecule has 0 saturated heterocycles. The molecule has 0 fully saturated rings. The van der Waals surface area contributed by atoms with E-state index >= 15 is 0 Å². The minimum atomic E-state index is -0.232. The van der Waals surface area contributed by atoms with Gasteiger partial charge < -0.3 is 5.73 Å². The normalized spacial score (nSPS) is 11.6. The van der Waals surface area contributed by atoms with Gasteiger partial charge in [0, 0.05) is 16.4 Å². The van der Waals surface area contributed by atoms with E-state index in [0.29, 0.717) is 17.4 Å². The smallest absolute Gasteiger partial charge is 0.141 e. The Morgan fingerprint density at radius 1 is 1.15 bits per heavy atom. The van der Waals surface area contributed by atoms with Crippen LogP contribution in [0.2, 0.25) is 0 Å². The second kappa shape index (κ2) is 5.79. The molecule has 0 bridgehead atoms. The van der Waals surface area contributed by atoms with E-state index in [-0.39, 0.29) is 11.2 Å². The average molecular weight is 291 g/mol. The molecule has 0 unspecified atom stereocenters. The number of nitrogens with two attached hydrogens (primary N) is 1. The first-order valence-corrected chi connectivity index (χ1v) is 7.35. The second-order valence-electron chi connectivity index (χ2n) is 5.59. The summed E-state index contributed by atoms with van der Waals surface area (Å²) in [7, 11) is 0. The first-order valence-electron chi connectivity index (χ1n) is 6.37. The summed E-state index contributed by atoms with van der Waals surface area (Å²) < 4.78 is 12.8. The molecular formula is C15H18FN3S. The van der Waals surface area contributed by atoms with Crippen LogP contribution in [0.1, 0.15) is 32.3 Å². The number of hydrogen-bond donors (Lipinski definition) is 1. The fourth-order valence-corrected chi connectivity index (χ4v) is 2.40. The lowest BCUT2D eigenvalue weighted by Gasteiger charge is -2.18. The van der Waals surface area contributed by atoms with Crippen molar-refractivity contribution in [2.24, 2.45) is 0 Å². The van der Waals surface area contributed by atoms with Crippen LogP contribution in [0, 0.1) is 5.82 Å². The Morgan fingerprint density at radius 3 is 2.40 bits per heavy atom. The van der Waals surface area contributed by atoms with Crippen molar-refractivity contribution in [2.75, 3.05) is 5.73 Å². The summed E-state index contributed by atoms with van der Waals surface area (Å²) in [5.74, 6) is 1.56. The molecule has 0 aliphatic carbocycles. The van der Waals surface area contributed by atoms with Gasteiger partial charge in [0.05, 0.1) is 11.4 Å². The highest BCUT2D eigenvalue weighted by Crippen LogP contribution is 2.25. The van der Waals surface area contributed by atoms with E-state index in [1.165, 1.54) is 12.1 Å². The molecule has 2 rings (SSSR count). The zero-order valence-electron chi connectivity index (χ0n) is 11.9. The monoisotopic (exact) mass is 291 g/mol. The van der Waals surface area contributed by atoms with Crippen LogP contribution < -0.4 is 5.73 Å². The van der Waals surface area contributed by atoms with Gasteiger partial charge in [0.15, 0.2) is 0 Å². The van der Waals surface area contributed by atoms with E-state index in [0.717, 1.165) is 10.6 Å². The molecule has 1 heterocycles. The van der Waals surface area contributed by atoms with Gasteiger partial charge in [0.2, 0.25) is 0 Å². The second-order valence-corrected chi connectivity index (χ2v) is 6.64. The quantitative estimate of drug-likeness (QED) is 0.874. The van der Waals surface area contributed by atoms with Crippen LogP contribution in [0.15, 0.2) is 35.2 Å². The van der Waals surface area contributed by atoms with E-state index in [4.69, 9.17) is 5.73 Å². The zero-order chi connectivity index (χ0) is 14.8. The number of aromatic nitrogens is 2. The molecule has 106 valence electrons. The lowest BCUT2D eigenvalue weighted by molar-refractivity contribution is 0.564. The summed E-state index contributed by atoms with van der Waals surface area (Å²) in [4.78, 5) is 9.78. The fraction of sp³-hybridized carbons (Fsp3) is 0.333. The molecule has 5 heteroatoms. The van der Waals surface area contributed by atoms with Crippen LogP contribution >= 0.6 is 11.8 Å². The number of halogens is 1. The van der Waals surface area contributed by atoms with Gasteiger partial charge in [-0.05, 0) is 24.3 Å². The van der Waals surface area contributed by atoms with Crippen molar-refractivity contribution in [1.82, 2.24) is 9.97 Å². The molecular weight excluding hydrogens is 273 g/mol. The predicted molar refractivity (Wildman–Crippen MR) is 81.1 cm³/mol. The summed E-state index contributed by atoms with van der Waals surface area (Å²) in [6.07, 6.45) is 0. The van der Waals surface area contributed by atoms with Crippen molar-refractivity contribution < 1.29 is 4.39 Å². The van der Waals surface area contributed by atoms with Crippen LogP contribution in [0.5, 0.6) is 0 Å². The van der Waals surface area contributed by atoms with Crippen LogP contribution in [0.3, 0.4) is 0 Å². The number of anilines is 1. The molecule has 0 amide bonds. The lowest BCUT2D eigenvalue weighted by Crippen LogP contribution is -2.16. The Labute approximate surface area is 122 Å². The first kappa shape index (κ1) is 14.8. The molecule has 0 radical (unpaired) electrons. The van der Waals surface area contributed by atoms with Gasteiger partial charge in [-0.3, -0.25) is 0 Å². The van der Waals surface area contributed by atoms with Crippen molar-refractivity contribution in [1.29, 1.82) is 0 Å². The van der Waals surface area contributed by atoms with Crippen LogP contribution in [-0.2, 0) is 11.2 Å². The molecule has 2 N–H and O–H groups in total. The van der Waals surface area contributed by atoms with Crippen LogP contribution in [-0.4, -0.2) is 9.97 Å². The van der Waals surface area contributed by atoms with Crippen molar-refractivity contribution in [3.63, 3.8) is 0 Å². The Bertz CT molecular complexity index is 591. The highest BCUT2D eigenvalue weighted by atomic mass is 32.2. The van der Waals surface area contributed by atoms with E-state index in [2.05, 4.69) is 30.7 Å². The number of hydrogen-bond acceptors (Lipinski definition) is 4. The van der Waals surface area contributed by atoms with Crippen molar-refractivity contribution in [3.05, 3.63) is 47.7 Å². The molecule has 20 heavy (non-hydrogen) atoms. The number of benzene rings is 1. The highest BCUT2D eigenvalue weighted by molar-refractivity contribution is 7.98. The summed E-state index contributed by atoms with van der Waals surface area (Å²) in [6.45, 7) is 6.27. The third-order valence-corrected chi connectivity index (χ3v) is 3.75. The molecule has 3 nitrogen and oxygen atoms in total. The van der Waals surface area contributed by atoms with Crippen molar-refractivity contribution in [3.8, 4) is 0 Å². The maximum atomic E-state index is 12.8. The number of nitrogen functional groups attached to an aromatic ring is 1. The summed E-state index contributed by atoms with van der Waals surface area (Å²) in [6, 6.07) is 8.20. The number of nitrogens with zero attached hydrogens (tertiary/aromatic N) is 2. The van der Waals surface area contributed by atoms with Crippen molar-refractivity contribution >= 4 is 17.6 Å². The van der Waals surface area contributed by atoms with Crippen LogP contribution in [0.4, 0.5) is 10.2 Å². The predicted octanol–water partition coefficient (Wildman–Crippen LogP) is 3.79. The average Bonchev–Trinajstić information content (AvgIpc) is 2.36. The maximum Gasteiger partial charge on any atom is 0.141 e. The van der Waals surface area contributed by atoms with Gasteiger partial charge in [-0.25, -0.2) is 14.4 Å². The van der Waals surface area contributed by atoms with Gasteiger partial charge in [-0.1, -0.05) is 20.8 Å². The molecule has 0 atom stereocenters. The molecule has 0 aliphatic rings. The van der Waals surface area contributed by atoms with Crippen LogP contribution in [0.25, 0.3) is 0 Å². The minimum Gasteiger partial charge on any atom is -0.384 e. The molecule has 0 aliphatic heterocycles. The third-order valence-electron chi connectivity index (χ3n) is 2.74. The van der Waals surface area contributed by atoms with E-state index in [1.807, 2.05) is 6.07 Å². The molecule has 1 aromatic carbocycles. The Hall–Kier alpha value is -1.62. The number of thioether (sulfide) groups is 1. The topological polar surface area (TPSA) is 51.8 Å². The zero-order valence-corrected chi connectivity index (χ0v) is 12.7. The van der Waals surface area contributed by atoms with E-state index in [9.17, 15) is 4.39 Å². The maximum absolute atomic E-state index is 12.8.